The Morgan fingerprint density at radius 3 is 2.21 bits per heavy atom. The molecule has 7 nitrogen and oxygen atoms in total. The van der Waals surface area contributed by atoms with E-state index >= 15 is 0 Å². The van der Waals surface area contributed by atoms with Gasteiger partial charge in [-0.3, -0.25) is 9.59 Å². The Bertz CT molecular complexity index is 945. The number of amides is 2. The van der Waals surface area contributed by atoms with Crippen molar-refractivity contribution in [2.24, 2.45) is 5.92 Å². The van der Waals surface area contributed by atoms with Crippen molar-refractivity contribution >= 4 is 18.0 Å². The molecule has 2 aromatic carbocycles. The molecule has 176 valence electrons. The maximum absolute atomic E-state index is 12.3. The molecule has 33 heavy (non-hydrogen) atoms. The number of carbonyl (C=O) groups excluding carboxylic acids is 2. The third-order valence-corrected chi connectivity index (χ3v) is 5.91. The number of aliphatic carboxylic acids is 1. The van der Waals surface area contributed by atoms with Crippen molar-refractivity contribution in [2.45, 2.75) is 51.5 Å². The number of hydrogen-bond donors (Lipinski definition) is 3. The van der Waals surface area contributed by atoms with Crippen LogP contribution in [0.2, 0.25) is 0 Å². The first kappa shape index (κ1) is 24.3. The lowest BCUT2D eigenvalue weighted by Gasteiger charge is -2.17. The van der Waals surface area contributed by atoms with Gasteiger partial charge in [0.25, 0.3) is 0 Å². The minimum absolute atomic E-state index is 0.00830. The van der Waals surface area contributed by atoms with Crippen LogP contribution in [-0.4, -0.2) is 42.3 Å². The largest absolute Gasteiger partial charge is 0.481 e. The van der Waals surface area contributed by atoms with Crippen molar-refractivity contribution in [3.63, 3.8) is 0 Å². The van der Waals surface area contributed by atoms with Crippen molar-refractivity contribution < 1.29 is 24.2 Å². The van der Waals surface area contributed by atoms with Gasteiger partial charge in [0.1, 0.15) is 6.61 Å². The van der Waals surface area contributed by atoms with E-state index in [4.69, 9.17) is 9.84 Å². The van der Waals surface area contributed by atoms with E-state index in [0.29, 0.717) is 19.4 Å². The lowest BCUT2D eigenvalue weighted by Crippen LogP contribution is -2.36. The SMILES string of the molecule is CC(CNC(=O)OCC1c2ccccc2-c2ccccc21)CC(=O)NC(C)CCCC(=O)O. The number of rotatable bonds is 11. The molecule has 3 N–H and O–H groups in total. The minimum atomic E-state index is -0.832. The van der Waals surface area contributed by atoms with E-state index < -0.39 is 12.1 Å². The number of ether oxygens (including phenoxy) is 1. The third kappa shape index (κ3) is 6.81. The number of nitrogens with one attached hydrogen (secondary N) is 2. The van der Waals surface area contributed by atoms with E-state index in [-0.39, 0.29) is 43.2 Å². The first-order chi connectivity index (χ1) is 15.8. The van der Waals surface area contributed by atoms with Crippen molar-refractivity contribution in [3.05, 3.63) is 59.7 Å². The molecule has 2 amide bonds. The molecule has 1 aliphatic rings. The third-order valence-electron chi connectivity index (χ3n) is 5.91. The lowest BCUT2D eigenvalue weighted by molar-refractivity contribution is -0.137. The van der Waals surface area contributed by atoms with Crippen molar-refractivity contribution in [3.8, 4) is 11.1 Å². The Kier molecular flexibility index (Phi) is 8.46. The number of carboxylic acids is 1. The molecule has 2 atom stereocenters. The van der Waals surface area contributed by atoms with Crippen LogP contribution in [0.3, 0.4) is 0 Å². The van der Waals surface area contributed by atoms with Crippen molar-refractivity contribution in [2.75, 3.05) is 13.2 Å². The normalized spacial score (nSPS) is 14.0. The summed E-state index contributed by atoms with van der Waals surface area (Å²) in [6.45, 7) is 4.33. The standard InChI is InChI=1S/C26H32N2O5/c1-17(14-24(29)28-18(2)8-7-13-25(30)31)15-27-26(32)33-16-23-21-11-5-3-9-19(21)20-10-4-6-12-22(20)23/h3-6,9-12,17-18,23H,7-8,13-16H2,1-2H3,(H,27,32)(H,28,29)(H,30,31). The van der Waals surface area contributed by atoms with Gasteiger partial charge in [-0.25, -0.2) is 4.79 Å². The molecule has 0 aromatic heterocycles. The highest BCUT2D eigenvalue weighted by atomic mass is 16.5. The van der Waals surface area contributed by atoms with Crippen molar-refractivity contribution in [1.82, 2.24) is 10.6 Å². The Hall–Kier alpha value is -3.35. The van der Waals surface area contributed by atoms with Gasteiger partial charge in [-0.2, -0.15) is 0 Å². The summed E-state index contributed by atoms with van der Waals surface area (Å²) < 4.78 is 5.52. The Labute approximate surface area is 194 Å². The Morgan fingerprint density at radius 2 is 1.61 bits per heavy atom. The molecule has 3 rings (SSSR count). The van der Waals surface area contributed by atoms with E-state index in [1.807, 2.05) is 38.1 Å². The van der Waals surface area contributed by atoms with Crippen LogP contribution in [0.1, 0.15) is 56.6 Å². The molecular weight excluding hydrogens is 420 g/mol. The Morgan fingerprint density at radius 1 is 1.00 bits per heavy atom. The molecule has 0 heterocycles. The second-order valence-electron chi connectivity index (χ2n) is 8.77. The highest BCUT2D eigenvalue weighted by Crippen LogP contribution is 2.44. The zero-order valence-electron chi connectivity index (χ0n) is 19.2. The highest BCUT2D eigenvalue weighted by Gasteiger charge is 2.29. The van der Waals surface area contributed by atoms with Crippen LogP contribution in [0, 0.1) is 5.92 Å². The molecule has 2 unspecified atom stereocenters. The molecule has 0 aliphatic heterocycles. The second kappa shape index (κ2) is 11.5. The quantitative estimate of drug-likeness (QED) is 0.471. The number of hydrogen-bond acceptors (Lipinski definition) is 4. The van der Waals surface area contributed by atoms with Crippen LogP contribution in [-0.2, 0) is 14.3 Å². The van der Waals surface area contributed by atoms with Crippen LogP contribution in [0.5, 0.6) is 0 Å². The molecule has 0 saturated heterocycles. The van der Waals surface area contributed by atoms with E-state index in [1.54, 1.807) is 0 Å². The molecular formula is C26H32N2O5. The molecule has 0 bridgehead atoms. The van der Waals surface area contributed by atoms with Gasteiger partial charge in [0.2, 0.25) is 5.91 Å². The molecule has 0 saturated carbocycles. The zero-order valence-corrected chi connectivity index (χ0v) is 19.2. The average molecular weight is 453 g/mol. The van der Waals surface area contributed by atoms with Gasteiger partial charge in [-0.15, -0.1) is 0 Å². The number of carboxylic acid groups (broad SMARTS) is 1. The van der Waals surface area contributed by atoms with Gasteiger partial charge in [0, 0.05) is 31.3 Å². The van der Waals surface area contributed by atoms with Gasteiger partial charge in [0.05, 0.1) is 0 Å². The molecule has 2 aromatic rings. The summed E-state index contributed by atoms with van der Waals surface area (Å²) in [7, 11) is 0. The molecule has 0 fully saturated rings. The van der Waals surface area contributed by atoms with Crippen LogP contribution in [0.25, 0.3) is 11.1 Å². The monoisotopic (exact) mass is 452 g/mol. The first-order valence-corrected chi connectivity index (χ1v) is 11.4. The molecule has 0 radical (unpaired) electrons. The number of benzene rings is 2. The fraction of sp³-hybridized carbons (Fsp3) is 0.423. The van der Waals surface area contributed by atoms with E-state index in [1.165, 1.54) is 11.1 Å². The lowest BCUT2D eigenvalue weighted by atomic mass is 9.98. The van der Waals surface area contributed by atoms with E-state index in [0.717, 1.165) is 11.1 Å². The summed E-state index contributed by atoms with van der Waals surface area (Å²) in [5.41, 5.74) is 4.68. The second-order valence-corrected chi connectivity index (χ2v) is 8.77. The van der Waals surface area contributed by atoms with Gasteiger partial charge >= 0.3 is 12.1 Å². The summed E-state index contributed by atoms with van der Waals surface area (Å²) in [6.07, 6.45) is 1.01. The fourth-order valence-corrected chi connectivity index (χ4v) is 4.26. The molecule has 1 aliphatic carbocycles. The summed E-state index contributed by atoms with van der Waals surface area (Å²) in [4.78, 5) is 35.0. The molecule has 0 spiro atoms. The number of alkyl carbamates (subject to hydrolysis) is 1. The summed E-state index contributed by atoms with van der Waals surface area (Å²) in [5.74, 6) is -0.994. The van der Waals surface area contributed by atoms with Gasteiger partial charge < -0.3 is 20.5 Å². The number of carbonyl (C=O) groups is 3. The van der Waals surface area contributed by atoms with Gasteiger partial charge in [-0.05, 0) is 47.9 Å². The van der Waals surface area contributed by atoms with Gasteiger partial charge in [0.15, 0.2) is 0 Å². The average Bonchev–Trinajstić information content (AvgIpc) is 3.09. The Balaban J connectivity index is 1.40. The zero-order chi connectivity index (χ0) is 23.8. The number of fused-ring (bicyclic) bond motifs is 3. The topological polar surface area (TPSA) is 105 Å². The van der Waals surface area contributed by atoms with Crippen LogP contribution in [0.15, 0.2) is 48.5 Å². The van der Waals surface area contributed by atoms with Crippen LogP contribution in [0.4, 0.5) is 4.79 Å². The highest BCUT2D eigenvalue weighted by molar-refractivity contribution is 5.79. The maximum Gasteiger partial charge on any atom is 0.407 e. The van der Waals surface area contributed by atoms with Crippen LogP contribution >= 0.6 is 0 Å². The predicted molar refractivity (Wildman–Crippen MR) is 126 cm³/mol. The van der Waals surface area contributed by atoms with E-state index in [9.17, 15) is 14.4 Å². The summed E-state index contributed by atoms with van der Waals surface area (Å²) in [5, 5.41) is 14.3. The van der Waals surface area contributed by atoms with Gasteiger partial charge in [-0.1, -0.05) is 55.5 Å². The first-order valence-electron chi connectivity index (χ1n) is 11.4. The minimum Gasteiger partial charge on any atom is -0.481 e. The van der Waals surface area contributed by atoms with E-state index in [2.05, 4.69) is 34.9 Å². The maximum atomic E-state index is 12.3. The molecule has 7 heteroatoms. The fourth-order valence-electron chi connectivity index (χ4n) is 4.26. The summed E-state index contributed by atoms with van der Waals surface area (Å²) >= 11 is 0. The van der Waals surface area contributed by atoms with Crippen LogP contribution < -0.4 is 10.6 Å². The predicted octanol–water partition coefficient (Wildman–Crippen LogP) is 4.31. The summed E-state index contributed by atoms with van der Waals surface area (Å²) in [6, 6.07) is 16.3. The van der Waals surface area contributed by atoms with Crippen molar-refractivity contribution in [1.29, 1.82) is 0 Å². The smallest absolute Gasteiger partial charge is 0.407 e.